The van der Waals surface area contributed by atoms with Crippen molar-refractivity contribution < 1.29 is 14.1 Å². The highest BCUT2D eigenvalue weighted by Crippen LogP contribution is 2.21. The van der Waals surface area contributed by atoms with Crippen molar-refractivity contribution in [1.82, 2.24) is 15.8 Å². The highest BCUT2D eigenvalue weighted by molar-refractivity contribution is 5.95. The topological polar surface area (TPSA) is 96.3 Å². The molecule has 3 N–H and O–H groups in total. The molecule has 1 aromatic heterocycles. The van der Waals surface area contributed by atoms with Gasteiger partial charge >= 0.3 is 6.03 Å². The number of carbonyl (C=O) groups excluding carboxylic acids is 2. The molecule has 2 aromatic rings. The Morgan fingerprint density at radius 1 is 1.04 bits per heavy atom. The average Bonchev–Trinajstić information content (AvgIpc) is 2.85. The van der Waals surface area contributed by atoms with Crippen molar-refractivity contribution in [2.24, 2.45) is 0 Å². The third kappa shape index (κ3) is 4.82. The van der Waals surface area contributed by atoms with E-state index < -0.39 is 6.03 Å². The number of anilines is 1. The van der Waals surface area contributed by atoms with Crippen LogP contribution >= 0.6 is 0 Å². The maximum atomic E-state index is 12.1. The highest BCUT2D eigenvalue weighted by atomic mass is 16.5. The summed E-state index contributed by atoms with van der Waals surface area (Å²) in [5, 5.41) is 11.9. The van der Waals surface area contributed by atoms with Crippen molar-refractivity contribution in [2.75, 3.05) is 11.9 Å². The number of aryl methyl sites for hydroxylation is 5. The molecule has 0 aliphatic rings. The van der Waals surface area contributed by atoms with Crippen molar-refractivity contribution >= 4 is 17.6 Å². The molecule has 0 saturated heterocycles. The van der Waals surface area contributed by atoms with E-state index in [1.165, 1.54) is 0 Å². The van der Waals surface area contributed by atoms with Crippen LogP contribution in [0.15, 0.2) is 16.7 Å². The summed E-state index contributed by atoms with van der Waals surface area (Å²) >= 11 is 0. The number of rotatable bonds is 5. The van der Waals surface area contributed by atoms with Gasteiger partial charge in [0.25, 0.3) is 0 Å². The van der Waals surface area contributed by atoms with Gasteiger partial charge in [-0.1, -0.05) is 22.9 Å². The van der Waals surface area contributed by atoms with Crippen molar-refractivity contribution in [3.05, 3.63) is 45.8 Å². The summed E-state index contributed by atoms with van der Waals surface area (Å²) in [6, 6.07) is 3.59. The van der Waals surface area contributed by atoms with Crippen LogP contribution in [0.3, 0.4) is 0 Å². The number of nitrogens with zero attached hydrogens (tertiary/aromatic N) is 1. The van der Waals surface area contributed by atoms with Crippen LogP contribution in [0.2, 0.25) is 0 Å². The summed E-state index contributed by atoms with van der Waals surface area (Å²) in [5.41, 5.74) is 5.49. The van der Waals surface area contributed by atoms with Gasteiger partial charge in [-0.3, -0.25) is 4.79 Å². The normalized spacial score (nSPS) is 10.4. The molecule has 25 heavy (non-hydrogen) atoms. The minimum absolute atomic E-state index is 0.111. The van der Waals surface area contributed by atoms with Crippen LogP contribution < -0.4 is 16.0 Å². The quantitative estimate of drug-likeness (QED) is 0.777. The lowest BCUT2D eigenvalue weighted by Gasteiger charge is -2.13. The van der Waals surface area contributed by atoms with Crippen LogP contribution in [-0.4, -0.2) is 23.6 Å². The van der Waals surface area contributed by atoms with Crippen LogP contribution in [-0.2, 0) is 11.3 Å². The van der Waals surface area contributed by atoms with Gasteiger partial charge in [0.2, 0.25) is 5.91 Å². The number of hydrogen-bond acceptors (Lipinski definition) is 4. The molecule has 1 aromatic carbocycles. The molecule has 7 heteroatoms. The summed E-state index contributed by atoms with van der Waals surface area (Å²) in [5.74, 6) is 0.392. The molecule has 0 saturated carbocycles. The lowest BCUT2D eigenvalue weighted by molar-refractivity contribution is -0.115. The second-order valence-electron chi connectivity index (χ2n) is 6.16. The first-order chi connectivity index (χ1) is 11.8. The number of benzene rings is 1. The summed E-state index contributed by atoms with van der Waals surface area (Å²) < 4.78 is 5.04. The molecule has 0 aliphatic heterocycles. The third-order valence-electron chi connectivity index (χ3n) is 3.96. The van der Waals surface area contributed by atoms with Gasteiger partial charge in [-0.05, 0) is 45.7 Å². The van der Waals surface area contributed by atoms with E-state index in [1.54, 1.807) is 6.92 Å². The molecule has 134 valence electrons. The lowest BCUT2D eigenvalue weighted by Crippen LogP contribution is -2.39. The lowest BCUT2D eigenvalue weighted by atomic mass is 10.1. The van der Waals surface area contributed by atoms with E-state index in [2.05, 4.69) is 21.1 Å². The van der Waals surface area contributed by atoms with Gasteiger partial charge in [0.1, 0.15) is 5.76 Å². The van der Waals surface area contributed by atoms with E-state index in [0.29, 0.717) is 12.3 Å². The van der Waals surface area contributed by atoms with Crippen LogP contribution in [0.25, 0.3) is 0 Å². The Morgan fingerprint density at radius 2 is 1.68 bits per heavy atom. The predicted molar refractivity (Wildman–Crippen MR) is 95.5 cm³/mol. The zero-order valence-electron chi connectivity index (χ0n) is 15.2. The molecule has 0 atom stereocenters. The van der Waals surface area contributed by atoms with E-state index in [-0.39, 0.29) is 12.5 Å². The van der Waals surface area contributed by atoms with Gasteiger partial charge < -0.3 is 20.5 Å². The van der Waals surface area contributed by atoms with Crippen molar-refractivity contribution in [1.29, 1.82) is 0 Å². The molecule has 0 unspecified atom stereocenters. The minimum atomic E-state index is -0.424. The second-order valence-corrected chi connectivity index (χ2v) is 6.16. The zero-order valence-corrected chi connectivity index (χ0v) is 15.2. The number of aromatic nitrogens is 1. The standard InChI is InChI=1S/C18H24N4O3/c1-10-6-11(2)17(12(3)7-10)21-16(23)9-20-18(24)19-8-15-13(4)22-25-14(15)5/h6-7H,8-9H2,1-5H3,(H,21,23)(H2,19,20,24). The molecule has 0 aliphatic carbocycles. The average molecular weight is 344 g/mol. The van der Waals surface area contributed by atoms with E-state index in [1.807, 2.05) is 39.8 Å². The van der Waals surface area contributed by atoms with E-state index in [0.717, 1.165) is 33.6 Å². The van der Waals surface area contributed by atoms with Crippen LogP contribution in [0.4, 0.5) is 10.5 Å². The Morgan fingerprint density at radius 3 is 2.24 bits per heavy atom. The fourth-order valence-electron chi connectivity index (χ4n) is 2.71. The molecular formula is C18H24N4O3. The minimum Gasteiger partial charge on any atom is -0.361 e. The Bertz CT molecular complexity index is 753. The summed E-state index contributed by atoms with van der Waals surface area (Å²) in [6.45, 7) is 9.68. The summed E-state index contributed by atoms with van der Waals surface area (Å²) in [7, 11) is 0. The zero-order chi connectivity index (χ0) is 18.6. The third-order valence-corrected chi connectivity index (χ3v) is 3.96. The Labute approximate surface area is 147 Å². The molecule has 0 fully saturated rings. The number of carbonyl (C=O) groups is 2. The fourth-order valence-corrected chi connectivity index (χ4v) is 2.71. The van der Waals surface area contributed by atoms with Gasteiger partial charge in [0, 0.05) is 17.8 Å². The summed E-state index contributed by atoms with van der Waals surface area (Å²) in [6.07, 6.45) is 0. The first-order valence-corrected chi connectivity index (χ1v) is 8.09. The number of nitrogens with one attached hydrogen (secondary N) is 3. The van der Waals surface area contributed by atoms with Gasteiger partial charge in [0.05, 0.1) is 12.2 Å². The Hall–Kier alpha value is -2.83. The van der Waals surface area contributed by atoms with Gasteiger partial charge in [0.15, 0.2) is 0 Å². The molecule has 2 rings (SSSR count). The maximum absolute atomic E-state index is 12.1. The predicted octanol–water partition coefficient (Wildman–Crippen LogP) is 2.65. The van der Waals surface area contributed by atoms with E-state index in [4.69, 9.17) is 4.52 Å². The van der Waals surface area contributed by atoms with Gasteiger partial charge in [-0.15, -0.1) is 0 Å². The molecule has 0 bridgehead atoms. The molecule has 0 radical (unpaired) electrons. The van der Waals surface area contributed by atoms with E-state index >= 15 is 0 Å². The second kappa shape index (κ2) is 7.83. The molecular weight excluding hydrogens is 320 g/mol. The van der Waals surface area contributed by atoms with Gasteiger partial charge in [-0.25, -0.2) is 4.79 Å². The number of amides is 3. The largest absolute Gasteiger partial charge is 0.361 e. The first-order valence-electron chi connectivity index (χ1n) is 8.09. The monoisotopic (exact) mass is 344 g/mol. The van der Waals surface area contributed by atoms with Crippen LogP contribution in [0, 0.1) is 34.6 Å². The first kappa shape index (κ1) is 18.5. The molecule has 0 spiro atoms. The molecule has 1 heterocycles. The van der Waals surface area contributed by atoms with Crippen molar-refractivity contribution in [2.45, 2.75) is 41.2 Å². The fraction of sp³-hybridized carbons (Fsp3) is 0.389. The molecule has 3 amide bonds. The Kier molecular flexibility index (Phi) is 5.80. The van der Waals surface area contributed by atoms with E-state index in [9.17, 15) is 9.59 Å². The smallest absolute Gasteiger partial charge is 0.315 e. The SMILES string of the molecule is Cc1cc(C)c(NC(=O)CNC(=O)NCc2c(C)noc2C)c(C)c1. The molecule has 7 nitrogen and oxygen atoms in total. The number of hydrogen-bond donors (Lipinski definition) is 3. The van der Waals surface area contributed by atoms with Crippen LogP contribution in [0.1, 0.15) is 33.7 Å². The Balaban J connectivity index is 1.83. The van der Waals surface area contributed by atoms with Crippen LogP contribution in [0.5, 0.6) is 0 Å². The highest BCUT2D eigenvalue weighted by Gasteiger charge is 2.12. The van der Waals surface area contributed by atoms with Gasteiger partial charge in [-0.2, -0.15) is 0 Å². The maximum Gasteiger partial charge on any atom is 0.315 e. The summed E-state index contributed by atoms with van der Waals surface area (Å²) in [4.78, 5) is 23.9. The van der Waals surface area contributed by atoms with Crippen molar-refractivity contribution in [3.63, 3.8) is 0 Å². The number of urea groups is 1. The van der Waals surface area contributed by atoms with Crippen molar-refractivity contribution in [3.8, 4) is 0 Å².